The number of carbonyl (C=O) groups excluding carboxylic acids is 2. The molecule has 6 heteroatoms. The van der Waals surface area contributed by atoms with Crippen LogP contribution in [-0.4, -0.2) is 24.4 Å². The van der Waals surface area contributed by atoms with Gasteiger partial charge in [-0.15, -0.1) is 11.3 Å². The molecule has 4 nitrogen and oxygen atoms in total. The van der Waals surface area contributed by atoms with Crippen LogP contribution in [0.4, 0.5) is 5.69 Å². The minimum Gasteiger partial charge on any atom is -0.342 e. The van der Waals surface area contributed by atoms with Gasteiger partial charge in [-0.05, 0) is 31.0 Å². The topological polar surface area (TPSA) is 49.4 Å². The lowest BCUT2D eigenvalue weighted by molar-refractivity contribution is -0.118. The molecular weight excluding hydrogens is 368 g/mol. The molecule has 26 heavy (non-hydrogen) atoms. The second-order valence-corrected chi connectivity index (χ2v) is 7.80. The predicted molar refractivity (Wildman–Crippen MR) is 106 cm³/mol. The first-order chi connectivity index (χ1) is 12.6. The van der Waals surface area contributed by atoms with Crippen molar-refractivity contribution in [2.45, 2.75) is 19.4 Å². The highest BCUT2D eigenvalue weighted by Gasteiger charge is 2.30. The van der Waals surface area contributed by atoms with Crippen molar-refractivity contribution in [2.24, 2.45) is 0 Å². The van der Waals surface area contributed by atoms with E-state index in [2.05, 4.69) is 5.32 Å². The number of hydrogen-bond donors (Lipinski definition) is 1. The molecule has 4 rings (SSSR count). The molecule has 1 aliphatic heterocycles. The normalized spacial score (nSPS) is 15.9. The second kappa shape index (κ2) is 6.74. The summed E-state index contributed by atoms with van der Waals surface area (Å²) < 4.78 is 0.955. The smallest absolute Gasteiger partial charge is 0.263 e. The molecule has 132 valence electrons. The zero-order valence-corrected chi connectivity index (χ0v) is 15.7. The Bertz CT molecular complexity index is 1010. The number of benzene rings is 2. The molecule has 0 fully saturated rings. The fourth-order valence-corrected chi connectivity index (χ4v) is 4.86. The first-order valence-electron chi connectivity index (χ1n) is 8.41. The van der Waals surface area contributed by atoms with Gasteiger partial charge in [0, 0.05) is 21.8 Å². The van der Waals surface area contributed by atoms with E-state index < -0.39 is 0 Å². The molecule has 1 unspecified atom stereocenters. The summed E-state index contributed by atoms with van der Waals surface area (Å²) in [6.07, 6.45) is 0.831. The monoisotopic (exact) mass is 384 g/mol. The van der Waals surface area contributed by atoms with Crippen molar-refractivity contribution in [3.8, 4) is 0 Å². The van der Waals surface area contributed by atoms with Crippen LogP contribution < -0.4 is 10.2 Å². The highest BCUT2D eigenvalue weighted by molar-refractivity contribution is 7.21. The summed E-state index contributed by atoms with van der Waals surface area (Å²) in [5.41, 5.74) is 2.09. The van der Waals surface area contributed by atoms with Crippen LogP contribution >= 0.6 is 22.9 Å². The number of rotatable bonds is 3. The SMILES string of the molecule is CC1Cc2ccccc2N1C(=O)CNC(=O)c1sc2ccccc2c1Cl. The average Bonchev–Trinajstić information content (AvgIpc) is 3.16. The van der Waals surface area contributed by atoms with Crippen LogP contribution in [0.2, 0.25) is 5.02 Å². The van der Waals surface area contributed by atoms with Gasteiger partial charge < -0.3 is 10.2 Å². The Labute approximate surface area is 160 Å². The molecule has 1 N–H and O–H groups in total. The fourth-order valence-electron chi connectivity index (χ4n) is 3.43. The molecule has 1 atom stereocenters. The van der Waals surface area contributed by atoms with E-state index in [1.165, 1.54) is 11.3 Å². The molecule has 0 aliphatic carbocycles. The predicted octanol–water partition coefficient (Wildman–Crippen LogP) is 4.26. The highest BCUT2D eigenvalue weighted by atomic mass is 35.5. The Morgan fingerprint density at radius 2 is 1.92 bits per heavy atom. The molecule has 1 aromatic heterocycles. The van der Waals surface area contributed by atoms with Crippen molar-refractivity contribution in [2.75, 3.05) is 11.4 Å². The molecule has 1 aliphatic rings. The van der Waals surface area contributed by atoms with E-state index in [1.807, 2.05) is 55.5 Å². The molecule has 3 aromatic rings. The number of thiophene rings is 1. The molecule has 0 spiro atoms. The van der Waals surface area contributed by atoms with Gasteiger partial charge >= 0.3 is 0 Å². The van der Waals surface area contributed by atoms with Gasteiger partial charge in [0.2, 0.25) is 5.91 Å². The zero-order valence-electron chi connectivity index (χ0n) is 14.2. The summed E-state index contributed by atoms with van der Waals surface area (Å²) in [5.74, 6) is -0.433. The Hall–Kier alpha value is -2.37. The van der Waals surface area contributed by atoms with Crippen LogP contribution in [0.15, 0.2) is 48.5 Å². The Kier molecular flexibility index (Phi) is 4.42. The Morgan fingerprint density at radius 1 is 1.19 bits per heavy atom. The summed E-state index contributed by atoms with van der Waals surface area (Å²) in [5, 5.41) is 4.02. The van der Waals surface area contributed by atoms with Crippen LogP contribution in [0.3, 0.4) is 0 Å². The maximum atomic E-state index is 12.7. The Morgan fingerprint density at radius 3 is 2.73 bits per heavy atom. The number of anilines is 1. The van der Waals surface area contributed by atoms with E-state index in [4.69, 9.17) is 11.6 Å². The third kappa shape index (κ3) is 2.87. The number of hydrogen-bond acceptors (Lipinski definition) is 3. The first kappa shape index (κ1) is 17.1. The van der Waals surface area contributed by atoms with Crippen molar-refractivity contribution in [3.05, 3.63) is 64.0 Å². The first-order valence-corrected chi connectivity index (χ1v) is 9.61. The van der Waals surface area contributed by atoms with Crippen LogP contribution in [0.1, 0.15) is 22.2 Å². The zero-order chi connectivity index (χ0) is 18.3. The summed E-state index contributed by atoms with van der Waals surface area (Å²) in [7, 11) is 0. The van der Waals surface area contributed by atoms with Gasteiger partial charge in [0.1, 0.15) is 4.88 Å². The summed E-state index contributed by atoms with van der Waals surface area (Å²) in [6, 6.07) is 15.6. The maximum Gasteiger partial charge on any atom is 0.263 e. The fraction of sp³-hybridized carbons (Fsp3) is 0.200. The molecule has 2 amide bonds. The lowest BCUT2D eigenvalue weighted by Gasteiger charge is -2.22. The van der Waals surface area contributed by atoms with Crippen molar-refractivity contribution in [1.82, 2.24) is 5.32 Å². The number of carbonyl (C=O) groups is 2. The van der Waals surface area contributed by atoms with Crippen LogP contribution in [0.25, 0.3) is 10.1 Å². The van der Waals surface area contributed by atoms with E-state index in [-0.39, 0.29) is 24.4 Å². The lowest BCUT2D eigenvalue weighted by Crippen LogP contribution is -2.42. The minimum atomic E-state index is -0.315. The summed E-state index contributed by atoms with van der Waals surface area (Å²) in [6.45, 7) is 1.96. The van der Waals surface area contributed by atoms with Crippen LogP contribution in [-0.2, 0) is 11.2 Å². The van der Waals surface area contributed by atoms with E-state index in [0.29, 0.717) is 9.90 Å². The van der Waals surface area contributed by atoms with Gasteiger partial charge in [-0.25, -0.2) is 0 Å². The van der Waals surface area contributed by atoms with E-state index in [1.54, 1.807) is 4.90 Å². The van der Waals surface area contributed by atoms with Crippen LogP contribution in [0.5, 0.6) is 0 Å². The number of nitrogens with zero attached hydrogens (tertiary/aromatic N) is 1. The van der Waals surface area contributed by atoms with Gasteiger partial charge in [-0.1, -0.05) is 48.0 Å². The number of halogens is 1. The molecule has 0 bridgehead atoms. The third-order valence-corrected chi connectivity index (χ3v) is 6.29. The van der Waals surface area contributed by atoms with Gasteiger partial charge in [-0.2, -0.15) is 0 Å². The van der Waals surface area contributed by atoms with Gasteiger partial charge in [0.25, 0.3) is 5.91 Å². The third-order valence-electron chi connectivity index (χ3n) is 4.62. The number of amides is 2. The van der Waals surface area contributed by atoms with Gasteiger partial charge in [-0.3, -0.25) is 9.59 Å². The summed E-state index contributed by atoms with van der Waals surface area (Å²) in [4.78, 5) is 27.4. The highest BCUT2D eigenvalue weighted by Crippen LogP contribution is 2.35. The summed E-state index contributed by atoms with van der Waals surface area (Å²) >= 11 is 7.67. The minimum absolute atomic E-state index is 0.0535. The van der Waals surface area contributed by atoms with Crippen molar-refractivity contribution < 1.29 is 9.59 Å². The molecule has 0 saturated carbocycles. The van der Waals surface area contributed by atoms with Crippen molar-refractivity contribution in [1.29, 1.82) is 0 Å². The van der Waals surface area contributed by atoms with E-state index in [9.17, 15) is 9.59 Å². The number of para-hydroxylation sites is 1. The van der Waals surface area contributed by atoms with Gasteiger partial charge in [0.15, 0.2) is 0 Å². The van der Waals surface area contributed by atoms with E-state index in [0.717, 1.165) is 27.8 Å². The average molecular weight is 385 g/mol. The molecule has 2 aromatic carbocycles. The van der Waals surface area contributed by atoms with Crippen molar-refractivity contribution >= 4 is 50.5 Å². The number of fused-ring (bicyclic) bond motifs is 2. The Balaban J connectivity index is 1.49. The molecule has 0 radical (unpaired) electrons. The lowest BCUT2D eigenvalue weighted by atomic mass is 10.1. The maximum absolute atomic E-state index is 12.7. The quantitative estimate of drug-likeness (QED) is 0.733. The van der Waals surface area contributed by atoms with Crippen LogP contribution in [0, 0.1) is 0 Å². The largest absolute Gasteiger partial charge is 0.342 e. The standard InChI is InChI=1S/C20H17ClN2O2S/c1-12-10-13-6-2-4-8-15(13)23(12)17(24)11-22-20(25)19-18(21)14-7-3-5-9-16(14)26-19/h2-9,12H,10-11H2,1H3,(H,22,25). The molecule has 2 heterocycles. The molecule has 0 saturated heterocycles. The number of nitrogens with one attached hydrogen (secondary N) is 1. The van der Waals surface area contributed by atoms with Gasteiger partial charge in [0.05, 0.1) is 11.6 Å². The van der Waals surface area contributed by atoms with Crippen molar-refractivity contribution in [3.63, 3.8) is 0 Å². The second-order valence-electron chi connectivity index (χ2n) is 6.37. The molecular formula is C20H17ClN2O2S. The van der Waals surface area contributed by atoms with E-state index >= 15 is 0 Å².